The van der Waals surface area contributed by atoms with E-state index in [1.165, 1.54) is 25.3 Å². The van der Waals surface area contributed by atoms with Crippen molar-refractivity contribution in [3.63, 3.8) is 0 Å². The maximum Gasteiger partial charge on any atom is 0.387 e. The SMILES string of the molecule is CCOC(=O)C(=O)/C=C(\OC)c1cc(Br)cc(OC(F)F)c1. The Morgan fingerprint density at radius 3 is 2.55 bits per heavy atom. The summed E-state index contributed by atoms with van der Waals surface area (Å²) in [5.41, 5.74) is 0.283. The number of hydrogen-bond donors (Lipinski definition) is 0. The molecule has 0 fully saturated rings. The minimum Gasteiger partial charge on any atom is -0.496 e. The number of ether oxygens (including phenoxy) is 3. The zero-order valence-corrected chi connectivity index (χ0v) is 13.4. The molecule has 0 heterocycles. The van der Waals surface area contributed by atoms with E-state index in [0.29, 0.717) is 4.47 Å². The molecule has 8 heteroatoms. The van der Waals surface area contributed by atoms with Crippen molar-refractivity contribution in [2.24, 2.45) is 0 Å². The molecule has 0 saturated heterocycles. The number of alkyl halides is 2. The van der Waals surface area contributed by atoms with Crippen LogP contribution in [-0.2, 0) is 19.1 Å². The van der Waals surface area contributed by atoms with Crippen LogP contribution < -0.4 is 4.74 Å². The Balaban J connectivity index is 3.11. The number of ketones is 1. The molecule has 120 valence electrons. The lowest BCUT2D eigenvalue weighted by Crippen LogP contribution is -2.15. The van der Waals surface area contributed by atoms with Crippen molar-refractivity contribution in [3.05, 3.63) is 34.3 Å². The van der Waals surface area contributed by atoms with Gasteiger partial charge in [0, 0.05) is 16.1 Å². The van der Waals surface area contributed by atoms with Crippen LogP contribution in [0.3, 0.4) is 0 Å². The predicted octanol–water partition coefficient (Wildman–Crippen LogP) is 3.17. The van der Waals surface area contributed by atoms with E-state index < -0.39 is 18.4 Å². The number of carbonyl (C=O) groups excluding carboxylic acids is 2. The smallest absolute Gasteiger partial charge is 0.387 e. The standard InChI is InChI=1S/C14H13BrF2O5/c1-3-21-13(19)11(18)7-12(20-2)8-4-9(15)6-10(5-8)22-14(16)17/h4-7,14H,3H2,1-2H3/b12-7-. The van der Waals surface area contributed by atoms with E-state index in [4.69, 9.17) is 4.74 Å². The lowest BCUT2D eigenvalue weighted by molar-refractivity contribution is -0.151. The minimum absolute atomic E-state index is 0.0125. The normalized spacial score (nSPS) is 11.3. The van der Waals surface area contributed by atoms with Gasteiger partial charge in [-0.25, -0.2) is 4.79 Å². The van der Waals surface area contributed by atoms with Crippen molar-refractivity contribution in [2.75, 3.05) is 13.7 Å². The van der Waals surface area contributed by atoms with Crippen LogP contribution in [0.25, 0.3) is 5.76 Å². The van der Waals surface area contributed by atoms with E-state index in [9.17, 15) is 18.4 Å². The molecule has 0 aliphatic rings. The summed E-state index contributed by atoms with van der Waals surface area (Å²) in [5.74, 6) is -2.06. The van der Waals surface area contributed by atoms with Crippen LogP contribution in [0.15, 0.2) is 28.7 Å². The van der Waals surface area contributed by atoms with Crippen molar-refractivity contribution < 1.29 is 32.6 Å². The summed E-state index contributed by atoms with van der Waals surface area (Å²) in [6.07, 6.45) is 0.923. The highest BCUT2D eigenvalue weighted by Gasteiger charge is 2.16. The number of hydrogen-bond acceptors (Lipinski definition) is 5. The third-order valence-electron chi connectivity index (χ3n) is 2.34. The van der Waals surface area contributed by atoms with Crippen LogP contribution in [0.5, 0.6) is 5.75 Å². The van der Waals surface area contributed by atoms with Gasteiger partial charge >= 0.3 is 12.6 Å². The van der Waals surface area contributed by atoms with E-state index >= 15 is 0 Å². The van der Waals surface area contributed by atoms with Gasteiger partial charge in [0.25, 0.3) is 5.78 Å². The number of esters is 1. The lowest BCUT2D eigenvalue weighted by Gasteiger charge is -2.10. The third-order valence-corrected chi connectivity index (χ3v) is 2.80. The Hall–Kier alpha value is -1.96. The summed E-state index contributed by atoms with van der Waals surface area (Å²) >= 11 is 3.14. The first-order valence-electron chi connectivity index (χ1n) is 6.10. The van der Waals surface area contributed by atoms with Crippen LogP contribution >= 0.6 is 15.9 Å². The van der Waals surface area contributed by atoms with Gasteiger partial charge < -0.3 is 14.2 Å². The molecule has 1 rings (SSSR count). The molecular formula is C14H13BrF2O5. The first kappa shape index (κ1) is 18.1. The maximum absolute atomic E-state index is 12.3. The van der Waals surface area contributed by atoms with Gasteiger partial charge in [-0.2, -0.15) is 8.78 Å². The van der Waals surface area contributed by atoms with Gasteiger partial charge in [-0.3, -0.25) is 4.79 Å². The zero-order chi connectivity index (χ0) is 16.7. The lowest BCUT2D eigenvalue weighted by atomic mass is 10.1. The molecular weight excluding hydrogens is 366 g/mol. The van der Waals surface area contributed by atoms with Crippen molar-refractivity contribution >= 4 is 33.4 Å². The van der Waals surface area contributed by atoms with Gasteiger partial charge in [0.05, 0.1) is 13.7 Å². The average Bonchev–Trinajstić information content (AvgIpc) is 2.43. The predicted molar refractivity (Wildman–Crippen MR) is 77.4 cm³/mol. The molecule has 1 aromatic rings. The Labute approximate surface area is 134 Å². The number of rotatable bonds is 7. The topological polar surface area (TPSA) is 61.8 Å². The molecule has 0 unspecified atom stereocenters. The zero-order valence-electron chi connectivity index (χ0n) is 11.8. The molecule has 0 aromatic heterocycles. The molecule has 0 N–H and O–H groups in total. The van der Waals surface area contributed by atoms with Crippen LogP contribution in [0.2, 0.25) is 0 Å². The monoisotopic (exact) mass is 378 g/mol. The Morgan fingerprint density at radius 1 is 1.32 bits per heavy atom. The highest BCUT2D eigenvalue weighted by Crippen LogP contribution is 2.27. The van der Waals surface area contributed by atoms with Gasteiger partial charge in [0.2, 0.25) is 0 Å². The van der Waals surface area contributed by atoms with E-state index in [1.54, 1.807) is 6.92 Å². The quantitative estimate of drug-likeness (QED) is 0.315. The second kappa shape index (κ2) is 8.47. The third kappa shape index (κ3) is 5.44. The summed E-state index contributed by atoms with van der Waals surface area (Å²) in [4.78, 5) is 22.9. The molecule has 0 spiro atoms. The molecule has 22 heavy (non-hydrogen) atoms. The molecule has 0 bridgehead atoms. The fourth-order valence-electron chi connectivity index (χ4n) is 1.52. The van der Waals surface area contributed by atoms with Gasteiger partial charge in [0.1, 0.15) is 11.5 Å². The van der Waals surface area contributed by atoms with Crippen molar-refractivity contribution in [3.8, 4) is 5.75 Å². The van der Waals surface area contributed by atoms with Crippen LogP contribution in [0.1, 0.15) is 12.5 Å². The number of carbonyl (C=O) groups is 2. The summed E-state index contributed by atoms with van der Waals surface area (Å²) in [6, 6.07) is 4.10. The number of methoxy groups -OCH3 is 1. The van der Waals surface area contributed by atoms with Crippen molar-refractivity contribution in [1.29, 1.82) is 0 Å². The van der Waals surface area contributed by atoms with E-state index in [2.05, 4.69) is 25.4 Å². The Morgan fingerprint density at radius 2 is 2.00 bits per heavy atom. The summed E-state index contributed by atoms with van der Waals surface area (Å²) in [6.45, 7) is -1.36. The maximum atomic E-state index is 12.3. The fraction of sp³-hybridized carbons (Fsp3) is 0.286. The van der Waals surface area contributed by atoms with Crippen molar-refractivity contribution in [2.45, 2.75) is 13.5 Å². The molecule has 0 aliphatic carbocycles. The number of halogens is 3. The largest absolute Gasteiger partial charge is 0.496 e. The molecule has 0 atom stereocenters. The van der Waals surface area contributed by atoms with E-state index in [0.717, 1.165) is 6.08 Å². The van der Waals surface area contributed by atoms with Gasteiger partial charge in [-0.15, -0.1) is 0 Å². The van der Waals surface area contributed by atoms with E-state index in [1.807, 2.05) is 0 Å². The first-order valence-corrected chi connectivity index (χ1v) is 6.89. The van der Waals surface area contributed by atoms with Crippen molar-refractivity contribution in [1.82, 2.24) is 0 Å². The minimum atomic E-state index is -2.99. The molecule has 5 nitrogen and oxygen atoms in total. The Bertz CT molecular complexity index is 587. The summed E-state index contributed by atoms with van der Waals surface area (Å²) < 4.78 is 38.9. The van der Waals surface area contributed by atoms with Gasteiger partial charge in [0.15, 0.2) is 0 Å². The Kier molecular flexibility index (Phi) is 6.97. The van der Waals surface area contributed by atoms with Crippen LogP contribution in [0, 0.1) is 0 Å². The average molecular weight is 379 g/mol. The van der Waals surface area contributed by atoms with E-state index in [-0.39, 0.29) is 23.7 Å². The second-order valence-electron chi connectivity index (χ2n) is 3.85. The molecule has 1 aromatic carbocycles. The van der Waals surface area contributed by atoms with Gasteiger partial charge in [-0.1, -0.05) is 15.9 Å². The summed E-state index contributed by atoms with van der Waals surface area (Å²) in [5, 5.41) is 0. The highest BCUT2D eigenvalue weighted by atomic mass is 79.9. The molecule has 0 saturated carbocycles. The fourth-order valence-corrected chi connectivity index (χ4v) is 1.99. The highest BCUT2D eigenvalue weighted by molar-refractivity contribution is 9.10. The number of benzene rings is 1. The van der Waals surface area contributed by atoms with Crippen LogP contribution in [0.4, 0.5) is 8.78 Å². The molecule has 0 radical (unpaired) electrons. The van der Waals surface area contributed by atoms with Gasteiger partial charge in [-0.05, 0) is 25.1 Å². The molecule has 0 amide bonds. The summed E-state index contributed by atoms with van der Waals surface area (Å²) in [7, 11) is 1.28. The molecule has 0 aliphatic heterocycles. The first-order chi connectivity index (χ1) is 10.4. The second-order valence-corrected chi connectivity index (χ2v) is 4.77. The van der Waals surface area contributed by atoms with Crippen LogP contribution in [-0.4, -0.2) is 32.1 Å².